The number of nitrogens with two attached hydrogens (primary N) is 1. The van der Waals surface area contributed by atoms with Gasteiger partial charge >= 0.3 is 0 Å². The number of nitrogens with zero attached hydrogens (tertiary/aromatic N) is 4. The van der Waals surface area contributed by atoms with Gasteiger partial charge in [0.05, 0.1) is 11.4 Å². The molecule has 0 aliphatic rings. The number of rotatable bonds is 8. The lowest BCUT2D eigenvalue weighted by Crippen LogP contribution is -2.43. The third-order valence-electron chi connectivity index (χ3n) is 4.56. The van der Waals surface area contributed by atoms with Crippen LogP contribution in [0.3, 0.4) is 0 Å². The number of hydrogen-bond acceptors (Lipinski definition) is 6. The molecule has 2 aromatic carbocycles. The molecule has 0 saturated carbocycles. The highest BCUT2D eigenvalue weighted by Crippen LogP contribution is 2.28. The maximum absolute atomic E-state index is 14.5. The summed E-state index contributed by atoms with van der Waals surface area (Å²) in [7, 11) is -2.08. The van der Waals surface area contributed by atoms with Crippen LogP contribution in [-0.2, 0) is 28.7 Å². The maximum Gasteiger partial charge on any atom is 0.238 e. The van der Waals surface area contributed by atoms with E-state index in [2.05, 4.69) is 10.1 Å². The Kier molecular flexibility index (Phi) is 6.27. The predicted octanol–water partition coefficient (Wildman–Crippen LogP) is 1.22. The molecule has 30 heavy (non-hydrogen) atoms. The summed E-state index contributed by atoms with van der Waals surface area (Å²) in [6.45, 7) is 0.198. The van der Waals surface area contributed by atoms with Gasteiger partial charge in [0.1, 0.15) is 29.9 Å². The van der Waals surface area contributed by atoms with Gasteiger partial charge < -0.3 is 5.11 Å². The number of aromatic nitrogens is 3. The minimum atomic E-state index is -3.79. The number of likely N-dealkylation sites (N-methyl/N-ethyl adjacent to an activating group) is 1. The Hall–Kier alpha value is -2.73. The predicted molar refractivity (Wildman–Crippen MR) is 104 cm³/mol. The third kappa shape index (κ3) is 5.25. The molecule has 3 aromatic rings. The lowest BCUT2D eigenvalue weighted by Gasteiger charge is -2.33. The van der Waals surface area contributed by atoms with Crippen molar-refractivity contribution in [3.05, 3.63) is 77.9 Å². The molecule has 1 atom stereocenters. The van der Waals surface area contributed by atoms with E-state index in [4.69, 9.17) is 5.14 Å². The standard InChI is InChI=1S/C19H21F2N5O3S/c1-25(9-14-2-5-16(6-3-14)30(22,28)29)10-19(27,11-26-13-23-12-24-26)17-7-4-15(20)8-18(17)21/h2-8,12-13,27H,9-11H2,1H3,(H2,22,28,29). The van der Waals surface area contributed by atoms with E-state index in [1.165, 1.54) is 35.5 Å². The van der Waals surface area contributed by atoms with E-state index in [-0.39, 0.29) is 23.5 Å². The van der Waals surface area contributed by atoms with Crippen LogP contribution >= 0.6 is 0 Å². The highest BCUT2D eigenvalue weighted by atomic mass is 32.2. The molecule has 3 N–H and O–H groups in total. The normalized spacial score (nSPS) is 14.1. The molecule has 0 aliphatic heterocycles. The number of benzene rings is 2. The van der Waals surface area contributed by atoms with Gasteiger partial charge in [-0.05, 0) is 30.8 Å². The van der Waals surface area contributed by atoms with Crippen molar-refractivity contribution in [3.8, 4) is 0 Å². The maximum atomic E-state index is 14.5. The molecule has 3 rings (SSSR count). The summed E-state index contributed by atoms with van der Waals surface area (Å²) in [6, 6.07) is 8.98. The Morgan fingerprint density at radius 3 is 2.47 bits per heavy atom. The zero-order valence-corrected chi connectivity index (χ0v) is 16.9. The van der Waals surface area contributed by atoms with Crippen LogP contribution in [0.25, 0.3) is 0 Å². The zero-order valence-electron chi connectivity index (χ0n) is 16.1. The minimum absolute atomic E-state index is 0.00928. The Labute approximate surface area is 172 Å². The van der Waals surface area contributed by atoms with E-state index < -0.39 is 27.3 Å². The van der Waals surface area contributed by atoms with Crippen molar-refractivity contribution in [2.75, 3.05) is 13.6 Å². The van der Waals surface area contributed by atoms with Gasteiger partial charge in [-0.25, -0.2) is 32.0 Å². The van der Waals surface area contributed by atoms with Crippen LogP contribution in [0.4, 0.5) is 8.78 Å². The molecule has 0 bridgehead atoms. The van der Waals surface area contributed by atoms with Crippen molar-refractivity contribution in [3.63, 3.8) is 0 Å². The monoisotopic (exact) mass is 437 g/mol. The first-order chi connectivity index (χ1) is 14.1. The highest BCUT2D eigenvalue weighted by molar-refractivity contribution is 7.89. The number of aliphatic hydroxyl groups is 1. The number of hydrogen-bond donors (Lipinski definition) is 2. The molecule has 1 heterocycles. The summed E-state index contributed by atoms with van der Waals surface area (Å²) in [6.07, 6.45) is 2.68. The van der Waals surface area contributed by atoms with Gasteiger partial charge in [-0.3, -0.25) is 4.90 Å². The molecular formula is C19H21F2N5O3S. The summed E-state index contributed by atoms with van der Waals surface area (Å²) < 4.78 is 52.0. The number of primary sulfonamides is 1. The van der Waals surface area contributed by atoms with E-state index in [1.54, 1.807) is 24.1 Å². The van der Waals surface area contributed by atoms with Gasteiger partial charge in [-0.1, -0.05) is 18.2 Å². The lowest BCUT2D eigenvalue weighted by molar-refractivity contribution is -0.0175. The van der Waals surface area contributed by atoms with Gasteiger partial charge in [0.25, 0.3) is 0 Å². The molecule has 160 valence electrons. The Morgan fingerprint density at radius 2 is 1.90 bits per heavy atom. The first kappa shape index (κ1) is 22.0. The first-order valence-electron chi connectivity index (χ1n) is 8.87. The number of halogens is 2. The molecule has 0 radical (unpaired) electrons. The minimum Gasteiger partial charge on any atom is -0.382 e. The SMILES string of the molecule is CN(Cc1ccc(S(N)(=O)=O)cc1)CC(O)(Cn1cncn1)c1ccc(F)cc1F. The smallest absolute Gasteiger partial charge is 0.238 e. The van der Waals surface area contributed by atoms with E-state index in [0.717, 1.165) is 11.6 Å². The average molecular weight is 437 g/mol. The van der Waals surface area contributed by atoms with E-state index in [1.807, 2.05) is 0 Å². The average Bonchev–Trinajstić information content (AvgIpc) is 3.13. The lowest BCUT2D eigenvalue weighted by atomic mass is 9.92. The molecule has 0 amide bonds. The molecule has 1 aromatic heterocycles. The quantitative estimate of drug-likeness (QED) is 0.548. The molecule has 0 aliphatic carbocycles. The van der Waals surface area contributed by atoms with Crippen molar-refractivity contribution in [2.24, 2.45) is 5.14 Å². The van der Waals surface area contributed by atoms with Crippen molar-refractivity contribution in [1.82, 2.24) is 19.7 Å². The summed E-state index contributed by atoms with van der Waals surface area (Å²) >= 11 is 0. The summed E-state index contributed by atoms with van der Waals surface area (Å²) in [5.41, 5.74) is -1.05. The molecule has 8 nitrogen and oxygen atoms in total. The molecule has 11 heteroatoms. The van der Waals surface area contributed by atoms with E-state index in [0.29, 0.717) is 12.6 Å². The fraction of sp³-hybridized carbons (Fsp3) is 0.263. The van der Waals surface area contributed by atoms with Crippen LogP contribution in [0.15, 0.2) is 60.0 Å². The summed E-state index contributed by atoms with van der Waals surface area (Å²) in [4.78, 5) is 5.54. The largest absolute Gasteiger partial charge is 0.382 e. The molecule has 0 spiro atoms. The number of sulfonamides is 1. The molecular weight excluding hydrogens is 416 g/mol. The fourth-order valence-corrected chi connectivity index (χ4v) is 3.78. The summed E-state index contributed by atoms with van der Waals surface area (Å²) in [5, 5.41) is 20.4. The van der Waals surface area contributed by atoms with Crippen LogP contribution in [0, 0.1) is 11.6 Å². The summed E-state index contributed by atoms with van der Waals surface area (Å²) in [5.74, 6) is -1.62. The zero-order chi connectivity index (χ0) is 21.9. The second kappa shape index (κ2) is 8.56. The topological polar surface area (TPSA) is 114 Å². The van der Waals surface area contributed by atoms with Gasteiger partial charge in [-0.2, -0.15) is 5.10 Å². The Bertz CT molecular complexity index is 1110. The van der Waals surface area contributed by atoms with Crippen molar-refractivity contribution >= 4 is 10.0 Å². The first-order valence-corrected chi connectivity index (χ1v) is 10.4. The van der Waals surface area contributed by atoms with Crippen LogP contribution in [0.2, 0.25) is 0 Å². The van der Waals surface area contributed by atoms with Crippen LogP contribution in [-0.4, -0.2) is 46.8 Å². The fourth-order valence-electron chi connectivity index (χ4n) is 3.27. The van der Waals surface area contributed by atoms with Crippen LogP contribution in [0.5, 0.6) is 0 Å². The van der Waals surface area contributed by atoms with Gasteiger partial charge in [0, 0.05) is 24.7 Å². The van der Waals surface area contributed by atoms with Crippen LogP contribution in [0.1, 0.15) is 11.1 Å². The molecule has 0 saturated heterocycles. The second-order valence-corrected chi connectivity index (χ2v) is 8.67. The van der Waals surface area contributed by atoms with Crippen molar-refractivity contribution in [1.29, 1.82) is 0 Å². The van der Waals surface area contributed by atoms with E-state index in [9.17, 15) is 22.3 Å². The van der Waals surface area contributed by atoms with Gasteiger partial charge in [0.2, 0.25) is 10.0 Å². The van der Waals surface area contributed by atoms with E-state index >= 15 is 0 Å². The van der Waals surface area contributed by atoms with Crippen LogP contribution < -0.4 is 5.14 Å². The highest BCUT2D eigenvalue weighted by Gasteiger charge is 2.34. The van der Waals surface area contributed by atoms with Gasteiger partial charge in [0.15, 0.2) is 0 Å². The third-order valence-corrected chi connectivity index (χ3v) is 5.49. The second-order valence-electron chi connectivity index (χ2n) is 7.11. The molecule has 0 fully saturated rings. The van der Waals surface area contributed by atoms with Crippen molar-refractivity contribution in [2.45, 2.75) is 23.6 Å². The Morgan fingerprint density at radius 1 is 1.20 bits per heavy atom. The Balaban J connectivity index is 1.83. The van der Waals surface area contributed by atoms with Gasteiger partial charge in [-0.15, -0.1) is 0 Å². The molecule has 1 unspecified atom stereocenters. The van der Waals surface area contributed by atoms with Crippen molar-refractivity contribution < 1.29 is 22.3 Å².